The van der Waals surface area contributed by atoms with Crippen molar-refractivity contribution < 1.29 is 4.39 Å². The number of benzene rings is 3. The van der Waals surface area contributed by atoms with E-state index in [0.29, 0.717) is 12.0 Å². The van der Waals surface area contributed by atoms with Crippen LogP contribution in [0.15, 0.2) is 89.9 Å². The summed E-state index contributed by atoms with van der Waals surface area (Å²) in [6, 6.07) is 23.8. The highest BCUT2D eigenvalue weighted by molar-refractivity contribution is 5.86. The maximum absolute atomic E-state index is 13.4. The average molecular weight is 476 g/mol. The predicted octanol–water partition coefficient (Wildman–Crippen LogP) is 5.52. The van der Waals surface area contributed by atoms with Gasteiger partial charge < -0.3 is 15.0 Å². The zero-order valence-electron chi connectivity index (χ0n) is 19.2. The molecule has 6 aromatic rings. The number of para-hydroxylation sites is 2. The second kappa shape index (κ2) is 8.03. The van der Waals surface area contributed by atoms with Crippen LogP contribution in [0.5, 0.6) is 0 Å². The molecular formula is C29H22FN5O. The van der Waals surface area contributed by atoms with Crippen molar-refractivity contribution in [3.8, 4) is 11.3 Å². The van der Waals surface area contributed by atoms with Crippen LogP contribution in [0, 0.1) is 5.82 Å². The summed E-state index contributed by atoms with van der Waals surface area (Å²) in [4.78, 5) is 27.9. The summed E-state index contributed by atoms with van der Waals surface area (Å²) < 4.78 is 13.4. The molecule has 36 heavy (non-hydrogen) atoms. The fourth-order valence-corrected chi connectivity index (χ4v) is 5.32. The van der Waals surface area contributed by atoms with Gasteiger partial charge in [-0.1, -0.05) is 36.4 Å². The lowest BCUT2D eigenvalue weighted by Gasteiger charge is -2.30. The standard InChI is InChI=1S/C29H22FN5O/c30-18-11-9-16(10-12-18)25-15-31-28(34-25)24-14-20-19-6-2-4-8-23(19)32-26(20)27(33-24)21-13-17-5-1-3-7-22(17)35-29(21)36/h1-13,15,24,27,32-33H,14H2,(H,31,34)(H,35,36)/t24-,27?/m1/s1. The van der Waals surface area contributed by atoms with Crippen molar-refractivity contribution in [2.24, 2.45) is 0 Å². The summed E-state index contributed by atoms with van der Waals surface area (Å²) in [5, 5.41) is 5.80. The van der Waals surface area contributed by atoms with Gasteiger partial charge in [0.15, 0.2) is 0 Å². The monoisotopic (exact) mass is 475 g/mol. The SMILES string of the molecule is O=c1[nH]c2ccccc2cc1C1N[C@@H](c2ncc(-c3ccc(F)cc3)[nH]2)Cc2c1[nH]c1ccccc21. The molecule has 3 aromatic heterocycles. The number of nitrogens with one attached hydrogen (secondary N) is 4. The molecule has 0 fully saturated rings. The fraction of sp³-hybridized carbons (Fsp3) is 0.103. The van der Waals surface area contributed by atoms with Gasteiger partial charge in [-0.25, -0.2) is 9.37 Å². The molecule has 1 unspecified atom stereocenters. The molecule has 3 aromatic carbocycles. The van der Waals surface area contributed by atoms with Crippen LogP contribution >= 0.6 is 0 Å². The second-order valence-electron chi connectivity index (χ2n) is 9.25. The number of H-pyrrole nitrogens is 3. The molecule has 1 aliphatic heterocycles. The minimum atomic E-state index is -0.348. The van der Waals surface area contributed by atoms with Crippen LogP contribution in [0.1, 0.15) is 34.7 Å². The Morgan fingerprint density at radius 3 is 2.50 bits per heavy atom. The van der Waals surface area contributed by atoms with Crippen molar-refractivity contribution >= 4 is 21.8 Å². The lowest BCUT2D eigenvalue weighted by molar-refractivity contribution is 0.431. The Hall–Kier alpha value is -4.49. The summed E-state index contributed by atoms with van der Waals surface area (Å²) in [6.45, 7) is 0. The number of aromatic nitrogens is 4. The molecule has 0 bridgehead atoms. The van der Waals surface area contributed by atoms with E-state index < -0.39 is 0 Å². The minimum Gasteiger partial charge on any atom is -0.357 e. The van der Waals surface area contributed by atoms with Gasteiger partial charge in [0.2, 0.25) is 0 Å². The number of hydrogen-bond acceptors (Lipinski definition) is 3. The highest BCUT2D eigenvalue weighted by Crippen LogP contribution is 2.38. The van der Waals surface area contributed by atoms with Crippen molar-refractivity contribution in [2.75, 3.05) is 0 Å². The zero-order valence-corrected chi connectivity index (χ0v) is 19.2. The summed E-state index contributed by atoms with van der Waals surface area (Å²) in [6.07, 6.45) is 2.48. The fourth-order valence-electron chi connectivity index (χ4n) is 5.32. The van der Waals surface area contributed by atoms with Crippen molar-refractivity contribution in [2.45, 2.75) is 18.5 Å². The van der Waals surface area contributed by atoms with E-state index in [1.807, 2.05) is 42.5 Å². The van der Waals surface area contributed by atoms with Gasteiger partial charge >= 0.3 is 0 Å². The van der Waals surface area contributed by atoms with Gasteiger partial charge in [-0.2, -0.15) is 0 Å². The Labute approximate surface area is 205 Å². The molecule has 1 aliphatic rings. The Bertz CT molecular complexity index is 1800. The van der Waals surface area contributed by atoms with Gasteiger partial charge in [0, 0.05) is 27.7 Å². The largest absolute Gasteiger partial charge is 0.357 e. The van der Waals surface area contributed by atoms with Crippen molar-refractivity contribution in [1.29, 1.82) is 0 Å². The number of halogens is 1. The van der Waals surface area contributed by atoms with Crippen LogP contribution in [0.25, 0.3) is 33.1 Å². The topological polar surface area (TPSA) is 89.4 Å². The van der Waals surface area contributed by atoms with Gasteiger partial charge in [0.05, 0.1) is 24.0 Å². The summed E-state index contributed by atoms with van der Waals surface area (Å²) in [5.74, 6) is 0.496. The maximum Gasteiger partial charge on any atom is 0.253 e. The van der Waals surface area contributed by atoms with Gasteiger partial charge in [-0.15, -0.1) is 0 Å². The normalized spacial score (nSPS) is 17.5. The molecule has 4 heterocycles. The Morgan fingerprint density at radius 2 is 1.64 bits per heavy atom. The number of aromatic amines is 3. The summed E-state index contributed by atoms with van der Waals surface area (Å²) >= 11 is 0. The number of fused-ring (bicyclic) bond motifs is 4. The lowest BCUT2D eigenvalue weighted by Crippen LogP contribution is -2.37. The van der Waals surface area contributed by atoms with E-state index in [4.69, 9.17) is 0 Å². The molecule has 0 amide bonds. The van der Waals surface area contributed by atoms with Crippen LogP contribution in [-0.4, -0.2) is 19.9 Å². The molecule has 176 valence electrons. The number of pyridine rings is 1. The molecular weight excluding hydrogens is 453 g/mol. The third-order valence-corrected chi connectivity index (χ3v) is 7.09. The Morgan fingerprint density at radius 1 is 0.861 bits per heavy atom. The van der Waals surface area contributed by atoms with Crippen molar-refractivity contribution in [1.82, 2.24) is 25.3 Å². The predicted molar refractivity (Wildman–Crippen MR) is 138 cm³/mol. The lowest BCUT2D eigenvalue weighted by atomic mass is 9.90. The quantitative estimate of drug-likeness (QED) is 0.272. The molecule has 0 spiro atoms. The molecule has 0 saturated heterocycles. The molecule has 6 nitrogen and oxygen atoms in total. The number of nitrogens with zero attached hydrogens (tertiary/aromatic N) is 1. The van der Waals surface area contributed by atoms with E-state index in [9.17, 15) is 9.18 Å². The first kappa shape index (κ1) is 20.8. The highest BCUT2D eigenvalue weighted by Gasteiger charge is 2.34. The zero-order chi connectivity index (χ0) is 24.2. The Kier molecular flexibility index (Phi) is 4.65. The Balaban J connectivity index is 1.36. The van der Waals surface area contributed by atoms with Gasteiger partial charge in [-0.3, -0.25) is 10.1 Å². The number of rotatable bonds is 3. The molecule has 7 heteroatoms. The molecule has 0 radical (unpaired) electrons. The average Bonchev–Trinajstić information content (AvgIpc) is 3.54. The molecule has 4 N–H and O–H groups in total. The molecule has 0 saturated carbocycles. The van der Waals surface area contributed by atoms with E-state index in [0.717, 1.165) is 44.6 Å². The van der Waals surface area contributed by atoms with Gasteiger partial charge in [-0.05, 0) is 65.4 Å². The minimum absolute atomic E-state index is 0.122. The van der Waals surface area contributed by atoms with E-state index in [2.05, 4.69) is 37.4 Å². The van der Waals surface area contributed by atoms with Crippen LogP contribution < -0.4 is 10.9 Å². The molecule has 2 atom stereocenters. The van der Waals surface area contributed by atoms with Gasteiger partial charge in [0.25, 0.3) is 5.56 Å². The number of hydrogen-bond donors (Lipinski definition) is 4. The first-order valence-electron chi connectivity index (χ1n) is 11.9. The van der Waals surface area contributed by atoms with Crippen LogP contribution in [0.2, 0.25) is 0 Å². The maximum atomic E-state index is 13.4. The van der Waals surface area contributed by atoms with E-state index in [1.165, 1.54) is 17.7 Å². The van der Waals surface area contributed by atoms with Crippen LogP contribution in [0.4, 0.5) is 4.39 Å². The van der Waals surface area contributed by atoms with Gasteiger partial charge in [0.1, 0.15) is 11.6 Å². The van der Waals surface area contributed by atoms with E-state index >= 15 is 0 Å². The first-order chi connectivity index (χ1) is 17.6. The highest BCUT2D eigenvalue weighted by atomic mass is 19.1. The third-order valence-electron chi connectivity index (χ3n) is 7.09. The second-order valence-corrected chi connectivity index (χ2v) is 9.25. The van der Waals surface area contributed by atoms with E-state index in [-0.39, 0.29) is 23.5 Å². The van der Waals surface area contributed by atoms with Crippen LogP contribution in [-0.2, 0) is 6.42 Å². The summed E-state index contributed by atoms with van der Waals surface area (Å²) in [7, 11) is 0. The first-order valence-corrected chi connectivity index (χ1v) is 11.9. The van der Waals surface area contributed by atoms with Crippen molar-refractivity contribution in [3.63, 3.8) is 0 Å². The molecule has 7 rings (SSSR count). The molecule has 0 aliphatic carbocycles. The number of imidazole rings is 1. The third kappa shape index (κ3) is 3.36. The van der Waals surface area contributed by atoms with Crippen LogP contribution in [0.3, 0.4) is 0 Å². The summed E-state index contributed by atoms with van der Waals surface area (Å²) in [5.41, 5.74) is 6.23. The van der Waals surface area contributed by atoms with Crippen molar-refractivity contribution in [3.05, 3.63) is 124 Å². The van der Waals surface area contributed by atoms with E-state index in [1.54, 1.807) is 18.3 Å². The smallest absolute Gasteiger partial charge is 0.253 e.